The Hall–Kier alpha value is -7.16. The fourth-order valence-corrected chi connectivity index (χ4v) is 8.09. The van der Waals surface area contributed by atoms with Gasteiger partial charge in [0.15, 0.2) is 5.82 Å². The number of hydrogen-bond acceptors (Lipinski definition) is 2. The molecule has 10 rings (SSSR count). The van der Waals surface area contributed by atoms with E-state index in [1.807, 2.05) is 0 Å². The van der Waals surface area contributed by atoms with Crippen molar-refractivity contribution in [3.8, 4) is 67.2 Å². The van der Waals surface area contributed by atoms with E-state index in [0.29, 0.717) is 5.82 Å². The zero-order valence-corrected chi connectivity index (χ0v) is 30.4. The average molecular weight is 701 g/mol. The summed E-state index contributed by atoms with van der Waals surface area (Å²) < 4.78 is 0. The number of aryl methyl sites for hydroxylation is 1. The van der Waals surface area contributed by atoms with Crippen LogP contribution in [-0.2, 0) is 0 Å². The largest absolute Gasteiger partial charge is 0.228 e. The Morgan fingerprint density at radius 3 is 1.65 bits per heavy atom. The standard InChI is InChI=1S/C53H36N2/c1-35-16-8-10-22-43(35)46-25-13-12-24-45(46)40-30-41(49-34-39-21-9-11-23-44(39)47-26-14-15-27-48(47)49)32-42(31-40)53-54-51-29-28-38(36-17-4-2-5-18-36)33-50(51)52(55-53)37-19-6-3-7-20-37/h2-34H,1H3. The summed E-state index contributed by atoms with van der Waals surface area (Å²) in [7, 11) is 0. The van der Waals surface area contributed by atoms with E-state index in [9.17, 15) is 0 Å². The average Bonchev–Trinajstić information content (AvgIpc) is 3.26. The van der Waals surface area contributed by atoms with Crippen molar-refractivity contribution in [2.24, 2.45) is 0 Å². The first-order valence-electron chi connectivity index (χ1n) is 18.8. The van der Waals surface area contributed by atoms with Crippen LogP contribution in [0.1, 0.15) is 5.56 Å². The Morgan fingerprint density at radius 1 is 0.309 bits per heavy atom. The Kier molecular flexibility index (Phi) is 8.08. The Morgan fingerprint density at radius 2 is 0.891 bits per heavy atom. The van der Waals surface area contributed by atoms with Gasteiger partial charge in [0.25, 0.3) is 0 Å². The number of rotatable bonds is 6. The highest BCUT2D eigenvalue weighted by molar-refractivity contribution is 6.14. The first-order valence-corrected chi connectivity index (χ1v) is 18.8. The van der Waals surface area contributed by atoms with E-state index in [0.717, 1.165) is 44.4 Å². The predicted octanol–water partition coefficient (Wildman–Crippen LogP) is 14.2. The normalized spacial score (nSPS) is 11.4. The van der Waals surface area contributed by atoms with E-state index in [-0.39, 0.29) is 0 Å². The summed E-state index contributed by atoms with van der Waals surface area (Å²) in [5, 5.41) is 5.95. The van der Waals surface area contributed by atoms with Gasteiger partial charge in [0, 0.05) is 16.5 Å². The molecule has 10 aromatic rings. The van der Waals surface area contributed by atoms with Crippen LogP contribution in [0.5, 0.6) is 0 Å². The number of fused-ring (bicyclic) bond motifs is 4. The van der Waals surface area contributed by atoms with Crippen LogP contribution in [0.4, 0.5) is 0 Å². The third-order valence-corrected chi connectivity index (χ3v) is 10.8. The zero-order chi connectivity index (χ0) is 36.7. The van der Waals surface area contributed by atoms with Gasteiger partial charge in [0.2, 0.25) is 0 Å². The molecule has 1 heterocycles. The highest BCUT2D eigenvalue weighted by Gasteiger charge is 2.18. The fourth-order valence-electron chi connectivity index (χ4n) is 8.09. The third-order valence-electron chi connectivity index (χ3n) is 10.8. The molecule has 55 heavy (non-hydrogen) atoms. The van der Waals surface area contributed by atoms with Crippen molar-refractivity contribution >= 4 is 32.4 Å². The quantitative estimate of drug-likeness (QED) is 0.161. The van der Waals surface area contributed by atoms with Gasteiger partial charge in [-0.25, -0.2) is 9.97 Å². The monoisotopic (exact) mass is 700 g/mol. The topological polar surface area (TPSA) is 25.8 Å². The lowest BCUT2D eigenvalue weighted by Crippen LogP contribution is -1.97. The van der Waals surface area contributed by atoms with E-state index in [4.69, 9.17) is 9.97 Å². The molecular formula is C53H36N2. The molecule has 0 aliphatic rings. The molecule has 258 valence electrons. The van der Waals surface area contributed by atoms with E-state index < -0.39 is 0 Å². The predicted molar refractivity (Wildman–Crippen MR) is 232 cm³/mol. The molecule has 0 atom stereocenters. The number of benzene rings is 9. The molecule has 1 aromatic heterocycles. The third kappa shape index (κ3) is 5.95. The first kappa shape index (κ1) is 32.5. The molecule has 2 heteroatoms. The second kappa shape index (κ2) is 13.7. The maximum atomic E-state index is 5.44. The van der Waals surface area contributed by atoms with Crippen molar-refractivity contribution in [2.45, 2.75) is 6.92 Å². The van der Waals surface area contributed by atoms with Crippen LogP contribution in [0, 0.1) is 6.92 Å². The SMILES string of the molecule is Cc1ccccc1-c1ccccc1-c1cc(-c2nc(-c3ccccc3)c3cc(-c4ccccc4)ccc3n2)cc(-c2cc3ccccc3c3ccccc23)c1. The number of hydrogen-bond donors (Lipinski definition) is 0. The van der Waals surface area contributed by atoms with Gasteiger partial charge >= 0.3 is 0 Å². The lowest BCUT2D eigenvalue weighted by molar-refractivity contribution is 1.23. The van der Waals surface area contributed by atoms with Gasteiger partial charge in [-0.2, -0.15) is 0 Å². The van der Waals surface area contributed by atoms with Gasteiger partial charge in [0.05, 0.1) is 11.2 Å². The lowest BCUT2D eigenvalue weighted by atomic mass is 9.88. The van der Waals surface area contributed by atoms with Gasteiger partial charge < -0.3 is 0 Å². The van der Waals surface area contributed by atoms with Crippen LogP contribution in [0.2, 0.25) is 0 Å². The van der Waals surface area contributed by atoms with Crippen molar-refractivity contribution in [3.63, 3.8) is 0 Å². The summed E-state index contributed by atoms with van der Waals surface area (Å²) in [5.41, 5.74) is 14.4. The number of nitrogens with zero attached hydrogens (tertiary/aromatic N) is 2. The van der Waals surface area contributed by atoms with Crippen LogP contribution >= 0.6 is 0 Å². The summed E-state index contributed by atoms with van der Waals surface area (Å²) in [4.78, 5) is 10.8. The van der Waals surface area contributed by atoms with Gasteiger partial charge in [-0.1, -0.05) is 164 Å². The van der Waals surface area contributed by atoms with Gasteiger partial charge in [0.1, 0.15) is 0 Å². The molecule has 0 fully saturated rings. The van der Waals surface area contributed by atoms with E-state index >= 15 is 0 Å². The Labute approximate surface area is 321 Å². The zero-order valence-electron chi connectivity index (χ0n) is 30.4. The van der Waals surface area contributed by atoms with Crippen molar-refractivity contribution in [1.29, 1.82) is 0 Å². The molecule has 0 aliphatic carbocycles. The maximum Gasteiger partial charge on any atom is 0.160 e. The summed E-state index contributed by atoms with van der Waals surface area (Å²) in [6, 6.07) is 71.6. The van der Waals surface area contributed by atoms with Gasteiger partial charge in [-0.3, -0.25) is 0 Å². The van der Waals surface area contributed by atoms with Gasteiger partial charge in [-0.15, -0.1) is 0 Å². The lowest BCUT2D eigenvalue weighted by Gasteiger charge is -2.17. The summed E-state index contributed by atoms with van der Waals surface area (Å²) in [5.74, 6) is 0.695. The Bertz CT molecular complexity index is 3040. The van der Waals surface area contributed by atoms with Crippen molar-refractivity contribution in [2.75, 3.05) is 0 Å². The minimum Gasteiger partial charge on any atom is -0.228 e. The Balaban J connectivity index is 1.26. The summed E-state index contributed by atoms with van der Waals surface area (Å²) in [6.45, 7) is 2.19. The first-order chi connectivity index (χ1) is 27.2. The van der Waals surface area contributed by atoms with Crippen LogP contribution in [0.15, 0.2) is 200 Å². The molecule has 0 saturated carbocycles. The molecule has 0 saturated heterocycles. The van der Waals surface area contributed by atoms with Crippen LogP contribution in [0.3, 0.4) is 0 Å². The summed E-state index contributed by atoms with van der Waals surface area (Å²) in [6.07, 6.45) is 0. The summed E-state index contributed by atoms with van der Waals surface area (Å²) >= 11 is 0. The van der Waals surface area contributed by atoms with Crippen molar-refractivity contribution < 1.29 is 0 Å². The van der Waals surface area contributed by atoms with Crippen LogP contribution in [-0.4, -0.2) is 9.97 Å². The molecule has 9 aromatic carbocycles. The maximum absolute atomic E-state index is 5.44. The molecule has 0 spiro atoms. The molecule has 0 N–H and O–H groups in total. The molecule has 0 radical (unpaired) electrons. The minimum absolute atomic E-state index is 0.695. The molecule has 0 bridgehead atoms. The minimum atomic E-state index is 0.695. The number of aromatic nitrogens is 2. The highest BCUT2D eigenvalue weighted by atomic mass is 14.9. The smallest absolute Gasteiger partial charge is 0.160 e. The molecule has 0 amide bonds. The molecule has 0 unspecified atom stereocenters. The van der Waals surface area contributed by atoms with E-state index in [2.05, 4.69) is 207 Å². The van der Waals surface area contributed by atoms with Gasteiger partial charge in [-0.05, 0) is 115 Å². The molecule has 2 nitrogen and oxygen atoms in total. The highest BCUT2D eigenvalue weighted by Crippen LogP contribution is 2.42. The van der Waals surface area contributed by atoms with Crippen LogP contribution < -0.4 is 0 Å². The van der Waals surface area contributed by atoms with Crippen molar-refractivity contribution in [3.05, 3.63) is 206 Å². The van der Waals surface area contributed by atoms with Crippen LogP contribution in [0.25, 0.3) is 99.6 Å². The van der Waals surface area contributed by atoms with E-state index in [1.54, 1.807) is 0 Å². The second-order valence-electron chi connectivity index (χ2n) is 14.2. The second-order valence-corrected chi connectivity index (χ2v) is 14.2. The molecular weight excluding hydrogens is 665 g/mol. The van der Waals surface area contributed by atoms with E-state index in [1.165, 1.54) is 54.9 Å². The van der Waals surface area contributed by atoms with Crippen molar-refractivity contribution in [1.82, 2.24) is 9.97 Å². The fraction of sp³-hybridized carbons (Fsp3) is 0.0189. The molecule has 0 aliphatic heterocycles.